The van der Waals surface area contributed by atoms with Crippen molar-refractivity contribution in [3.63, 3.8) is 0 Å². The molecule has 8 nitrogen and oxygen atoms in total. The summed E-state index contributed by atoms with van der Waals surface area (Å²) in [7, 11) is 4.89. The third-order valence-corrected chi connectivity index (χ3v) is 9.08. The summed E-state index contributed by atoms with van der Waals surface area (Å²) in [4.78, 5) is 9.46. The average Bonchev–Trinajstić information content (AvgIpc) is 3.69. The number of methoxy groups -OCH3 is 1. The first-order valence-electron chi connectivity index (χ1n) is 13.0. The standard InChI is InChI=1S/C27H36ClN5O3S/c1-30(2)9-5-15-36-25-18-26(35-3)23(28)17-22(25)24-19-32-12-8-20(16-27(32)29-24)31-10-4-11-33(14-13-31)37(34)21-6-7-21/h8,12,16-19,21H,4-7,9-11,13-15H2,1-3H3. The third-order valence-electron chi connectivity index (χ3n) is 6.87. The lowest BCUT2D eigenvalue weighted by Gasteiger charge is -2.23. The molecule has 3 aromatic rings. The summed E-state index contributed by atoms with van der Waals surface area (Å²) in [5, 5.41) is 0.910. The molecule has 3 heterocycles. The number of pyridine rings is 1. The Labute approximate surface area is 226 Å². The third kappa shape index (κ3) is 6.22. The van der Waals surface area contributed by atoms with Crippen LogP contribution in [0.3, 0.4) is 0 Å². The number of rotatable bonds is 10. The number of halogens is 1. The van der Waals surface area contributed by atoms with Gasteiger partial charge in [-0.05, 0) is 51.9 Å². The predicted octanol–water partition coefficient (Wildman–Crippen LogP) is 4.33. The molecular weight excluding hydrogens is 510 g/mol. The van der Waals surface area contributed by atoms with Gasteiger partial charge < -0.3 is 23.7 Å². The van der Waals surface area contributed by atoms with Gasteiger partial charge in [0.2, 0.25) is 0 Å². The van der Waals surface area contributed by atoms with Crippen LogP contribution in [-0.2, 0) is 11.0 Å². The molecule has 0 amide bonds. The Morgan fingerprint density at radius 2 is 1.97 bits per heavy atom. The van der Waals surface area contributed by atoms with E-state index in [0.29, 0.717) is 28.4 Å². The monoisotopic (exact) mass is 545 g/mol. The summed E-state index contributed by atoms with van der Waals surface area (Å²) in [6.45, 7) is 5.06. The van der Waals surface area contributed by atoms with Gasteiger partial charge in [0.25, 0.3) is 0 Å². The van der Waals surface area contributed by atoms with E-state index in [1.54, 1.807) is 7.11 Å². The molecule has 2 aromatic heterocycles. The van der Waals surface area contributed by atoms with Gasteiger partial charge in [0, 0.05) is 73.8 Å². The molecule has 1 aromatic carbocycles. The van der Waals surface area contributed by atoms with Crippen LogP contribution in [0.1, 0.15) is 25.7 Å². The summed E-state index contributed by atoms with van der Waals surface area (Å²) in [5.74, 6) is 1.29. The molecule has 10 heteroatoms. The molecule has 0 bridgehead atoms. The molecule has 0 radical (unpaired) electrons. The van der Waals surface area contributed by atoms with E-state index in [0.717, 1.165) is 81.0 Å². The van der Waals surface area contributed by atoms with Crippen LogP contribution in [0.15, 0.2) is 36.7 Å². The topological polar surface area (TPSA) is 62.6 Å². The van der Waals surface area contributed by atoms with E-state index in [4.69, 9.17) is 26.1 Å². The normalized spacial score (nSPS) is 17.8. The second-order valence-corrected chi connectivity index (χ2v) is 12.2. The van der Waals surface area contributed by atoms with Gasteiger partial charge >= 0.3 is 0 Å². The number of fused-ring (bicyclic) bond motifs is 1. The molecule has 2 fully saturated rings. The van der Waals surface area contributed by atoms with Crippen LogP contribution in [0.4, 0.5) is 5.69 Å². The van der Waals surface area contributed by atoms with Gasteiger partial charge in [0.05, 0.1) is 35.4 Å². The van der Waals surface area contributed by atoms with E-state index in [-0.39, 0.29) is 0 Å². The summed E-state index contributed by atoms with van der Waals surface area (Å²) < 4.78 is 28.4. The number of hydrogen-bond donors (Lipinski definition) is 0. The first kappa shape index (κ1) is 26.3. The number of aromatic nitrogens is 2. The van der Waals surface area contributed by atoms with Crippen molar-refractivity contribution in [2.75, 3.05) is 65.4 Å². The fourth-order valence-electron chi connectivity index (χ4n) is 4.68. The number of imidazole rings is 1. The zero-order valence-electron chi connectivity index (χ0n) is 21.9. The molecule has 1 saturated carbocycles. The highest BCUT2D eigenvalue weighted by atomic mass is 35.5. The Morgan fingerprint density at radius 3 is 2.73 bits per heavy atom. The molecular formula is C27H36ClN5O3S. The molecule has 1 saturated heterocycles. The van der Waals surface area contributed by atoms with Gasteiger partial charge in [-0.2, -0.15) is 0 Å². The lowest BCUT2D eigenvalue weighted by atomic mass is 10.1. The number of ether oxygens (including phenoxy) is 2. The lowest BCUT2D eigenvalue weighted by Crippen LogP contribution is -2.33. The summed E-state index contributed by atoms with van der Waals surface area (Å²) >= 11 is 6.50. The van der Waals surface area contributed by atoms with Crippen molar-refractivity contribution in [2.24, 2.45) is 0 Å². The highest BCUT2D eigenvalue weighted by Crippen LogP contribution is 2.38. The van der Waals surface area contributed by atoms with Crippen LogP contribution in [0, 0.1) is 0 Å². The summed E-state index contributed by atoms with van der Waals surface area (Å²) in [6, 6.07) is 7.97. The minimum absolute atomic E-state index is 0.388. The van der Waals surface area contributed by atoms with E-state index >= 15 is 0 Å². The zero-order valence-corrected chi connectivity index (χ0v) is 23.4. The van der Waals surface area contributed by atoms with Crippen molar-refractivity contribution in [3.8, 4) is 22.8 Å². The van der Waals surface area contributed by atoms with E-state index in [9.17, 15) is 4.21 Å². The van der Waals surface area contributed by atoms with Crippen molar-refractivity contribution in [3.05, 3.63) is 41.7 Å². The van der Waals surface area contributed by atoms with Crippen molar-refractivity contribution in [2.45, 2.75) is 30.9 Å². The number of benzene rings is 1. The Hall–Kier alpha value is -2.33. The molecule has 37 heavy (non-hydrogen) atoms. The quantitative estimate of drug-likeness (QED) is 0.353. The summed E-state index contributed by atoms with van der Waals surface area (Å²) in [5.41, 5.74) is 3.64. The second kappa shape index (κ2) is 11.6. The number of hydrogen-bond acceptors (Lipinski definition) is 6. The zero-order chi connectivity index (χ0) is 25.9. The second-order valence-electron chi connectivity index (χ2n) is 10.0. The molecule has 1 aliphatic heterocycles. The molecule has 2 aliphatic rings. The van der Waals surface area contributed by atoms with Crippen molar-refractivity contribution in [1.82, 2.24) is 18.6 Å². The van der Waals surface area contributed by atoms with Gasteiger partial charge in [0.1, 0.15) is 17.1 Å². The van der Waals surface area contributed by atoms with Crippen molar-refractivity contribution < 1.29 is 13.7 Å². The molecule has 0 N–H and O–H groups in total. The Bertz CT molecular complexity index is 1260. The highest BCUT2D eigenvalue weighted by molar-refractivity contribution is 7.83. The van der Waals surface area contributed by atoms with Crippen molar-refractivity contribution >= 4 is 33.9 Å². The van der Waals surface area contributed by atoms with E-state index in [1.807, 2.05) is 22.7 Å². The van der Waals surface area contributed by atoms with Gasteiger partial charge in [-0.25, -0.2) is 13.5 Å². The van der Waals surface area contributed by atoms with Crippen LogP contribution in [0.5, 0.6) is 11.5 Å². The lowest BCUT2D eigenvalue weighted by molar-refractivity contribution is 0.281. The number of nitrogens with zero attached hydrogens (tertiary/aromatic N) is 5. The fraction of sp³-hybridized carbons (Fsp3) is 0.519. The first-order chi connectivity index (χ1) is 17.9. The average molecular weight is 546 g/mol. The van der Waals surface area contributed by atoms with Crippen LogP contribution < -0.4 is 14.4 Å². The van der Waals surface area contributed by atoms with Crippen LogP contribution in [0.2, 0.25) is 5.02 Å². The van der Waals surface area contributed by atoms with Gasteiger partial charge in [-0.3, -0.25) is 0 Å². The molecule has 5 rings (SSSR count). The van der Waals surface area contributed by atoms with Crippen LogP contribution in [-0.4, -0.2) is 88.6 Å². The predicted molar refractivity (Wildman–Crippen MR) is 150 cm³/mol. The summed E-state index contributed by atoms with van der Waals surface area (Å²) in [6.07, 6.45) is 8.18. The number of anilines is 1. The van der Waals surface area contributed by atoms with E-state index < -0.39 is 11.0 Å². The van der Waals surface area contributed by atoms with Gasteiger partial charge in [0.15, 0.2) is 0 Å². The minimum Gasteiger partial charge on any atom is -0.495 e. The Morgan fingerprint density at radius 1 is 1.14 bits per heavy atom. The molecule has 1 atom stereocenters. The maximum Gasteiger partial charge on any atom is 0.141 e. The largest absolute Gasteiger partial charge is 0.495 e. The Balaban J connectivity index is 1.36. The first-order valence-corrected chi connectivity index (χ1v) is 14.5. The molecule has 200 valence electrons. The van der Waals surface area contributed by atoms with E-state index in [1.165, 1.54) is 0 Å². The van der Waals surface area contributed by atoms with Crippen molar-refractivity contribution in [1.29, 1.82) is 0 Å². The Kier molecular flexibility index (Phi) is 8.24. The highest BCUT2D eigenvalue weighted by Gasteiger charge is 2.33. The molecule has 0 spiro atoms. The molecule has 1 aliphatic carbocycles. The van der Waals surface area contributed by atoms with Gasteiger partial charge in [-0.15, -0.1) is 0 Å². The van der Waals surface area contributed by atoms with E-state index in [2.05, 4.69) is 46.5 Å². The van der Waals surface area contributed by atoms with Crippen LogP contribution >= 0.6 is 11.6 Å². The maximum atomic E-state index is 12.6. The SMILES string of the molecule is COc1cc(OCCCN(C)C)c(-c2cn3ccc(N4CCCN(S(=O)C5CC5)CC4)cc3n2)cc1Cl. The fourth-order valence-corrected chi connectivity index (χ4v) is 6.46. The minimum atomic E-state index is -0.826. The maximum absolute atomic E-state index is 12.6. The van der Waals surface area contributed by atoms with Crippen LogP contribution in [0.25, 0.3) is 16.9 Å². The molecule has 1 unspecified atom stereocenters. The van der Waals surface area contributed by atoms with Gasteiger partial charge in [-0.1, -0.05) is 11.6 Å². The smallest absolute Gasteiger partial charge is 0.141 e.